The molecule has 1 fully saturated rings. The molecule has 0 saturated carbocycles. The van der Waals surface area contributed by atoms with E-state index in [9.17, 15) is 25.2 Å². The van der Waals surface area contributed by atoms with Gasteiger partial charge in [0.1, 0.15) is 18.3 Å². The number of benzene rings is 1. The number of hydrogen-bond acceptors (Lipinski definition) is 7. The Balaban J connectivity index is 1.49. The summed E-state index contributed by atoms with van der Waals surface area (Å²) in [6.45, 7) is 0.555. The zero-order chi connectivity index (χ0) is 23.8. The minimum atomic E-state index is -1.74. The number of aliphatic hydroxyl groups is 3. The number of carbonyl (C=O) groups is 1. The van der Waals surface area contributed by atoms with E-state index in [0.717, 1.165) is 30.5 Å². The van der Waals surface area contributed by atoms with Gasteiger partial charge in [-0.2, -0.15) is 0 Å². The number of quaternary nitrogens is 1. The molecule has 4 N–H and O–H groups in total. The number of para-hydroxylation sites is 1. The van der Waals surface area contributed by atoms with Gasteiger partial charge >= 0.3 is 0 Å². The third-order valence-electron chi connectivity index (χ3n) is 6.83. The van der Waals surface area contributed by atoms with Crippen LogP contribution in [0.3, 0.4) is 0 Å². The predicted octanol–water partition coefficient (Wildman–Crippen LogP) is 0.165. The van der Waals surface area contributed by atoms with Crippen molar-refractivity contribution in [1.29, 1.82) is 0 Å². The maximum Gasteiger partial charge on any atom is 0.222 e. The van der Waals surface area contributed by atoms with Crippen LogP contribution in [-0.4, -0.2) is 83.1 Å². The first kappa shape index (κ1) is 23.7. The molecule has 6 atom stereocenters. The highest BCUT2D eigenvalue weighted by Crippen LogP contribution is 2.35. The van der Waals surface area contributed by atoms with Crippen LogP contribution in [-0.2, 0) is 9.53 Å². The van der Waals surface area contributed by atoms with Crippen LogP contribution in [0, 0.1) is 0 Å². The molecule has 1 aromatic carbocycles. The van der Waals surface area contributed by atoms with Crippen molar-refractivity contribution >= 4 is 17.2 Å². The summed E-state index contributed by atoms with van der Waals surface area (Å²) in [5.41, 5.74) is 4.69. The van der Waals surface area contributed by atoms with Crippen molar-refractivity contribution in [1.82, 2.24) is 0 Å². The van der Waals surface area contributed by atoms with Gasteiger partial charge in [0.15, 0.2) is 6.10 Å². The number of nitrogens with zero attached hydrogens (tertiary/aromatic N) is 1. The number of nitrogens with one attached hydrogen (secondary N) is 1. The number of aliphatic carboxylic acids is 1. The largest absolute Gasteiger partial charge is 0.547 e. The van der Waals surface area contributed by atoms with Crippen LogP contribution < -0.4 is 10.4 Å². The van der Waals surface area contributed by atoms with E-state index in [1.165, 1.54) is 11.1 Å². The number of fused-ring (bicyclic) bond motifs is 2. The quantitative estimate of drug-likeness (QED) is 0.450. The minimum absolute atomic E-state index is 0.121. The highest BCUT2D eigenvalue weighted by Gasteiger charge is 2.50. The van der Waals surface area contributed by atoms with Crippen molar-refractivity contribution in [3.63, 3.8) is 0 Å². The average Bonchev–Trinajstić information content (AvgIpc) is 2.93. The SMILES string of the molecule is C[N+](C)(CCCC1=CC2=CC=CCC2Nc2ccccc21)[C@@H]1O[C@H](C(=O)[O-])[C@@H](O)[C@H](O)[C@H]1O. The molecule has 33 heavy (non-hydrogen) atoms. The van der Waals surface area contributed by atoms with Crippen LogP contribution in [0.15, 0.2) is 54.1 Å². The average molecular weight is 457 g/mol. The molecular formula is C25H32N2O6. The molecule has 4 rings (SSSR count). The zero-order valence-electron chi connectivity index (χ0n) is 18.9. The molecule has 8 nitrogen and oxygen atoms in total. The Hall–Kier alpha value is -2.49. The Morgan fingerprint density at radius 2 is 1.94 bits per heavy atom. The number of aliphatic hydroxyl groups excluding tert-OH is 3. The Bertz CT molecular complexity index is 985. The third-order valence-corrected chi connectivity index (χ3v) is 6.83. The number of anilines is 1. The first-order valence-electron chi connectivity index (χ1n) is 11.4. The van der Waals surface area contributed by atoms with Crippen molar-refractivity contribution in [3.05, 3.63) is 59.7 Å². The second kappa shape index (κ2) is 9.40. The van der Waals surface area contributed by atoms with Gasteiger partial charge in [-0.05, 0) is 30.1 Å². The summed E-state index contributed by atoms with van der Waals surface area (Å²) >= 11 is 0. The van der Waals surface area contributed by atoms with Gasteiger partial charge in [0, 0.05) is 17.7 Å². The van der Waals surface area contributed by atoms with Crippen LogP contribution in [0.2, 0.25) is 0 Å². The van der Waals surface area contributed by atoms with Crippen LogP contribution in [0.4, 0.5) is 5.69 Å². The molecule has 1 saturated heterocycles. The minimum Gasteiger partial charge on any atom is -0.547 e. The maximum atomic E-state index is 11.4. The van der Waals surface area contributed by atoms with Gasteiger partial charge in [0.2, 0.25) is 6.23 Å². The summed E-state index contributed by atoms with van der Waals surface area (Å²) in [5.74, 6) is -1.62. The van der Waals surface area contributed by atoms with E-state index >= 15 is 0 Å². The van der Waals surface area contributed by atoms with E-state index in [0.29, 0.717) is 6.54 Å². The van der Waals surface area contributed by atoms with Gasteiger partial charge in [0.05, 0.1) is 32.7 Å². The van der Waals surface area contributed by atoms with Gasteiger partial charge in [-0.1, -0.05) is 42.5 Å². The number of carbonyl (C=O) groups excluding carboxylic acids is 1. The van der Waals surface area contributed by atoms with E-state index < -0.39 is 36.6 Å². The summed E-state index contributed by atoms with van der Waals surface area (Å²) in [6.07, 6.45) is 3.53. The van der Waals surface area contributed by atoms with Crippen molar-refractivity contribution in [2.24, 2.45) is 0 Å². The van der Waals surface area contributed by atoms with E-state index in [1.54, 1.807) is 0 Å². The van der Waals surface area contributed by atoms with Crippen LogP contribution in [0.5, 0.6) is 0 Å². The van der Waals surface area contributed by atoms with Gasteiger partial charge < -0.3 is 39.8 Å². The van der Waals surface area contributed by atoms with E-state index in [-0.39, 0.29) is 10.5 Å². The van der Waals surface area contributed by atoms with Crippen molar-refractivity contribution in [2.45, 2.75) is 55.9 Å². The molecule has 178 valence electrons. The lowest BCUT2D eigenvalue weighted by Crippen LogP contribution is -2.69. The Labute approximate surface area is 193 Å². The zero-order valence-corrected chi connectivity index (χ0v) is 18.9. The Kier molecular flexibility index (Phi) is 6.74. The van der Waals surface area contributed by atoms with Crippen LogP contribution in [0.25, 0.3) is 5.57 Å². The summed E-state index contributed by atoms with van der Waals surface area (Å²) in [4.78, 5) is 11.4. The molecule has 1 unspecified atom stereocenters. The van der Waals surface area contributed by atoms with Crippen LogP contribution >= 0.6 is 0 Å². The number of allylic oxidation sites excluding steroid dienone is 3. The van der Waals surface area contributed by atoms with Crippen molar-refractivity contribution in [2.75, 3.05) is 26.0 Å². The molecule has 0 spiro atoms. The number of rotatable bonds is 6. The summed E-state index contributed by atoms with van der Waals surface area (Å²) < 4.78 is 5.63. The highest BCUT2D eigenvalue weighted by atomic mass is 16.6. The fourth-order valence-electron chi connectivity index (χ4n) is 4.94. The molecule has 0 aromatic heterocycles. The van der Waals surface area contributed by atoms with E-state index in [2.05, 4.69) is 41.8 Å². The van der Waals surface area contributed by atoms with Crippen molar-refractivity contribution in [3.8, 4) is 0 Å². The van der Waals surface area contributed by atoms with Gasteiger partial charge in [-0.25, -0.2) is 0 Å². The van der Waals surface area contributed by atoms with Gasteiger partial charge in [-0.3, -0.25) is 0 Å². The fraction of sp³-hybridized carbons (Fsp3) is 0.480. The lowest BCUT2D eigenvalue weighted by atomic mass is 9.94. The molecule has 0 amide bonds. The van der Waals surface area contributed by atoms with Gasteiger partial charge in [0.25, 0.3) is 0 Å². The molecule has 1 aromatic rings. The van der Waals surface area contributed by atoms with Crippen LogP contribution in [0.1, 0.15) is 24.8 Å². The monoisotopic (exact) mass is 456 g/mol. The summed E-state index contributed by atoms with van der Waals surface area (Å²) in [5, 5.41) is 45.6. The van der Waals surface area contributed by atoms with Crippen molar-refractivity contribution < 1.29 is 34.4 Å². The number of ether oxygens (including phenoxy) is 1. The third kappa shape index (κ3) is 4.76. The number of likely N-dealkylation sites (N-methyl/N-ethyl adjacent to an activating group) is 1. The summed E-state index contributed by atoms with van der Waals surface area (Å²) in [6, 6.07) is 8.47. The molecule has 1 aliphatic carbocycles. The smallest absolute Gasteiger partial charge is 0.222 e. The molecule has 2 aliphatic heterocycles. The molecule has 8 heteroatoms. The molecule has 0 bridgehead atoms. The first-order valence-corrected chi connectivity index (χ1v) is 11.4. The lowest BCUT2D eigenvalue weighted by molar-refractivity contribution is -0.944. The Morgan fingerprint density at radius 3 is 2.70 bits per heavy atom. The standard InChI is InChI=1S/C25H32N2O6/c1-27(2,24-22(30)20(28)21(29)23(33-24)25(31)32)13-7-9-15-14-16-8-3-5-11-18(16)26-19-12-6-4-10-17(15)19/h3-6,8,10,12,14,18,20-24,26,28-30H,7,9,11,13H2,1-2H3/t18?,20-,21-,22+,23-,24+/m0/s1. The normalized spacial score (nSPS) is 31.4. The number of carboxylic acid groups (broad SMARTS) is 1. The molecule has 0 radical (unpaired) electrons. The van der Waals surface area contributed by atoms with Gasteiger partial charge in [-0.15, -0.1) is 0 Å². The van der Waals surface area contributed by atoms with E-state index in [4.69, 9.17) is 4.74 Å². The lowest BCUT2D eigenvalue weighted by Gasteiger charge is -2.47. The first-order chi connectivity index (χ1) is 15.7. The second-order valence-corrected chi connectivity index (χ2v) is 9.59. The van der Waals surface area contributed by atoms with E-state index in [1.807, 2.05) is 26.2 Å². The maximum absolute atomic E-state index is 11.4. The second-order valence-electron chi connectivity index (χ2n) is 9.59. The number of hydrogen-bond donors (Lipinski definition) is 4. The summed E-state index contributed by atoms with van der Waals surface area (Å²) in [7, 11) is 3.62. The molecular weight excluding hydrogens is 424 g/mol. The predicted molar refractivity (Wildman–Crippen MR) is 122 cm³/mol. The Morgan fingerprint density at radius 1 is 1.18 bits per heavy atom. The molecule has 2 heterocycles. The molecule has 3 aliphatic rings. The topological polar surface area (TPSA) is 122 Å². The fourth-order valence-corrected chi connectivity index (χ4v) is 4.94. The highest BCUT2D eigenvalue weighted by molar-refractivity contribution is 5.80. The number of carboxylic acids is 1.